The van der Waals surface area contributed by atoms with Gasteiger partial charge in [-0.25, -0.2) is 12.7 Å². The van der Waals surface area contributed by atoms with Crippen LogP contribution in [0.1, 0.15) is 37.3 Å². The molecule has 2 amide bonds. The smallest absolute Gasteiger partial charge is 0.242 e. The van der Waals surface area contributed by atoms with E-state index in [1.165, 1.54) is 11.4 Å². The molecule has 0 fully saturated rings. The molecule has 0 saturated heterocycles. The Morgan fingerprint density at radius 2 is 1.75 bits per heavy atom. The summed E-state index contributed by atoms with van der Waals surface area (Å²) in [6, 6.07) is 15.5. The Hall–Kier alpha value is -2.71. The number of aryl methyl sites for hydroxylation is 1. The van der Waals surface area contributed by atoms with Crippen LogP contribution in [0.5, 0.6) is 0 Å². The molecule has 32 heavy (non-hydrogen) atoms. The first kappa shape index (κ1) is 25.5. The zero-order chi connectivity index (χ0) is 23.7. The van der Waals surface area contributed by atoms with Crippen molar-refractivity contribution in [3.05, 3.63) is 65.7 Å². The van der Waals surface area contributed by atoms with Crippen molar-refractivity contribution in [2.24, 2.45) is 0 Å². The Bertz CT molecular complexity index is 1010. The number of hydrogen-bond donors (Lipinski definition) is 1. The van der Waals surface area contributed by atoms with E-state index >= 15 is 0 Å². The molecule has 1 N–H and O–H groups in total. The Balaban J connectivity index is 2.09. The van der Waals surface area contributed by atoms with Gasteiger partial charge in [0.15, 0.2) is 0 Å². The number of nitrogens with one attached hydrogen (secondary N) is 1. The van der Waals surface area contributed by atoms with Gasteiger partial charge in [0.2, 0.25) is 21.8 Å². The molecule has 0 aliphatic carbocycles. The number of hydrogen-bond acceptors (Lipinski definition) is 4. The summed E-state index contributed by atoms with van der Waals surface area (Å²) in [7, 11) is -0.535. The number of carbonyl (C=O) groups is 2. The topological polar surface area (TPSA) is 86.8 Å². The number of carbonyl (C=O) groups excluding carboxylic acids is 2. The fourth-order valence-electron chi connectivity index (χ4n) is 3.58. The van der Waals surface area contributed by atoms with Crippen LogP contribution in [0.25, 0.3) is 0 Å². The number of likely N-dealkylation sites (N-methyl/N-ethyl adjacent to an activating group) is 1. The summed E-state index contributed by atoms with van der Waals surface area (Å²) in [6.07, 6.45) is 0.989. The largest absolute Gasteiger partial charge is 0.357 e. The summed E-state index contributed by atoms with van der Waals surface area (Å²) in [5, 5.41) is 2.64. The van der Waals surface area contributed by atoms with Crippen molar-refractivity contribution in [3.63, 3.8) is 0 Å². The van der Waals surface area contributed by atoms with Gasteiger partial charge in [-0.15, -0.1) is 0 Å². The van der Waals surface area contributed by atoms with E-state index in [1.54, 1.807) is 42.3 Å². The molecule has 2 aromatic carbocycles. The second kappa shape index (κ2) is 11.8. The zero-order valence-electron chi connectivity index (χ0n) is 19.2. The summed E-state index contributed by atoms with van der Waals surface area (Å²) < 4.78 is 26.6. The SMILES string of the molecule is CC[C@@H](C(=O)NC)N(Cc1cccc(C)c1)C(=O)CCCN(C)S(=O)(=O)c1ccccc1. The van der Waals surface area contributed by atoms with Crippen LogP contribution >= 0.6 is 0 Å². The highest BCUT2D eigenvalue weighted by Crippen LogP contribution is 2.17. The third-order valence-electron chi connectivity index (χ3n) is 5.38. The highest BCUT2D eigenvalue weighted by Gasteiger charge is 2.28. The Kier molecular flexibility index (Phi) is 9.41. The maximum atomic E-state index is 13.1. The van der Waals surface area contributed by atoms with E-state index in [0.29, 0.717) is 19.4 Å². The van der Waals surface area contributed by atoms with Crippen LogP contribution in [0.2, 0.25) is 0 Å². The molecule has 0 aromatic heterocycles. The molecule has 2 aromatic rings. The normalized spacial score (nSPS) is 12.4. The first-order valence-corrected chi connectivity index (χ1v) is 12.2. The van der Waals surface area contributed by atoms with Gasteiger partial charge in [0.05, 0.1) is 4.90 Å². The van der Waals surface area contributed by atoms with Crippen molar-refractivity contribution < 1.29 is 18.0 Å². The molecule has 0 heterocycles. The van der Waals surface area contributed by atoms with E-state index in [1.807, 2.05) is 38.1 Å². The summed E-state index contributed by atoms with van der Waals surface area (Å²) in [5.41, 5.74) is 2.03. The molecule has 0 spiro atoms. The van der Waals surface area contributed by atoms with Gasteiger partial charge in [-0.3, -0.25) is 9.59 Å². The lowest BCUT2D eigenvalue weighted by Gasteiger charge is -2.30. The number of amides is 2. The molecule has 0 aliphatic rings. The van der Waals surface area contributed by atoms with Gasteiger partial charge in [0.1, 0.15) is 6.04 Å². The third-order valence-corrected chi connectivity index (χ3v) is 7.25. The fourth-order valence-corrected chi connectivity index (χ4v) is 4.81. The molecule has 0 saturated carbocycles. The first-order valence-electron chi connectivity index (χ1n) is 10.8. The van der Waals surface area contributed by atoms with Gasteiger partial charge in [-0.1, -0.05) is 55.0 Å². The lowest BCUT2D eigenvalue weighted by molar-refractivity contribution is -0.141. The van der Waals surface area contributed by atoms with Crippen LogP contribution in [0.4, 0.5) is 0 Å². The minimum absolute atomic E-state index is 0.147. The highest BCUT2D eigenvalue weighted by atomic mass is 32.2. The predicted molar refractivity (Wildman–Crippen MR) is 125 cm³/mol. The Labute approximate surface area is 191 Å². The lowest BCUT2D eigenvalue weighted by atomic mass is 10.1. The molecule has 7 nitrogen and oxygen atoms in total. The van der Waals surface area contributed by atoms with E-state index < -0.39 is 16.1 Å². The van der Waals surface area contributed by atoms with Crippen molar-refractivity contribution in [2.75, 3.05) is 20.6 Å². The monoisotopic (exact) mass is 459 g/mol. The fraction of sp³-hybridized carbons (Fsp3) is 0.417. The van der Waals surface area contributed by atoms with Crippen LogP contribution in [0, 0.1) is 6.92 Å². The molecule has 1 atom stereocenters. The van der Waals surface area contributed by atoms with E-state index in [-0.39, 0.29) is 29.7 Å². The number of nitrogens with zero attached hydrogens (tertiary/aromatic N) is 2. The third kappa shape index (κ3) is 6.64. The number of benzene rings is 2. The molecule has 8 heteroatoms. The lowest BCUT2D eigenvalue weighted by Crippen LogP contribution is -2.48. The molecular weight excluding hydrogens is 426 g/mol. The van der Waals surface area contributed by atoms with Crippen LogP contribution < -0.4 is 5.32 Å². The van der Waals surface area contributed by atoms with E-state index in [9.17, 15) is 18.0 Å². The molecule has 174 valence electrons. The molecular formula is C24H33N3O4S. The van der Waals surface area contributed by atoms with Crippen molar-refractivity contribution in [3.8, 4) is 0 Å². The molecule has 0 aliphatic heterocycles. The average Bonchev–Trinajstić information content (AvgIpc) is 2.79. The van der Waals surface area contributed by atoms with Crippen LogP contribution in [0.15, 0.2) is 59.5 Å². The van der Waals surface area contributed by atoms with Crippen molar-refractivity contribution in [2.45, 2.75) is 50.6 Å². The van der Waals surface area contributed by atoms with E-state index in [0.717, 1.165) is 11.1 Å². The summed E-state index contributed by atoms with van der Waals surface area (Å²) in [4.78, 5) is 27.4. The van der Waals surface area contributed by atoms with Crippen LogP contribution in [-0.4, -0.2) is 56.1 Å². The maximum Gasteiger partial charge on any atom is 0.242 e. The van der Waals surface area contributed by atoms with Gasteiger partial charge >= 0.3 is 0 Å². The molecule has 2 rings (SSSR count). The molecule has 0 radical (unpaired) electrons. The summed E-state index contributed by atoms with van der Waals surface area (Å²) >= 11 is 0. The molecule has 0 bridgehead atoms. The Morgan fingerprint density at radius 3 is 2.34 bits per heavy atom. The number of rotatable bonds is 11. The minimum atomic E-state index is -3.60. The Morgan fingerprint density at radius 1 is 1.06 bits per heavy atom. The van der Waals surface area contributed by atoms with Crippen molar-refractivity contribution >= 4 is 21.8 Å². The second-order valence-corrected chi connectivity index (χ2v) is 9.84. The van der Waals surface area contributed by atoms with Gasteiger partial charge < -0.3 is 10.2 Å². The zero-order valence-corrected chi connectivity index (χ0v) is 20.1. The van der Waals surface area contributed by atoms with Gasteiger partial charge in [0.25, 0.3) is 0 Å². The molecule has 0 unspecified atom stereocenters. The maximum absolute atomic E-state index is 13.1. The summed E-state index contributed by atoms with van der Waals surface area (Å²) in [6.45, 7) is 4.38. The van der Waals surface area contributed by atoms with Gasteiger partial charge in [-0.2, -0.15) is 0 Å². The number of sulfonamides is 1. The van der Waals surface area contributed by atoms with Gasteiger partial charge in [-0.05, 0) is 37.5 Å². The van der Waals surface area contributed by atoms with Crippen LogP contribution in [-0.2, 0) is 26.2 Å². The summed E-state index contributed by atoms with van der Waals surface area (Å²) in [5.74, 6) is -0.384. The van der Waals surface area contributed by atoms with Gasteiger partial charge in [0, 0.05) is 33.6 Å². The quantitative estimate of drug-likeness (QED) is 0.560. The average molecular weight is 460 g/mol. The minimum Gasteiger partial charge on any atom is -0.357 e. The second-order valence-electron chi connectivity index (χ2n) is 7.79. The van der Waals surface area contributed by atoms with Crippen molar-refractivity contribution in [1.29, 1.82) is 0 Å². The standard InChI is InChI=1S/C24H33N3O4S/c1-5-22(24(29)25-3)27(18-20-12-9-11-19(2)17-20)23(28)15-10-16-26(4)32(30,31)21-13-7-6-8-14-21/h6-9,11-14,17,22H,5,10,15-16,18H2,1-4H3,(H,25,29)/t22-/m0/s1. The predicted octanol–water partition coefficient (Wildman–Crippen LogP) is 2.95. The highest BCUT2D eigenvalue weighted by molar-refractivity contribution is 7.89. The van der Waals surface area contributed by atoms with E-state index in [4.69, 9.17) is 0 Å². The van der Waals surface area contributed by atoms with E-state index in [2.05, 4.69) is 5.32 Å². The first-order chi connectivity index (χ1) is 15.2. The van der Waals surface area contributed by atoms with Crippen LogP contribution in [0.3, 0.4) is 0 Å². The van der Waals surface area contributed by atoms with Crippen molar-refractivity contribution in [1.82, 2.24) is 14.5 Å².